The van der Waals surface area contributed by atoms with E-state index in [1.165, 1.54) is 0 Å². The minimum atomic E-state index is -0.918. The van der Waals surface area contributed by atoms with Crippen LogP contribution in [0.4, 0.5) is 17.3 Å². The van der Waals surface area contributed by atoms with Gasteiger partial charge in [-0.1, -0.05) is 32.4 Å². The molecule has 174 valence electrons. The van der Waals surface area contributed by atoms with Crippen molar-refractivity contribution in [3.8, 4) is 0 Å². The van der Waals surface area contributed by atoms with E-state index in [-0.39, 0.29) is 5.92 Å². The zero-order valence-electron chi connectivity index (χ0n) is 19.6. The van der Waals surface area contributed by atoms with E-state index in [0.717, 1.165) is 22.0 Å². The Kier molecular flexibility index (Phi) is 6.40. The summed E-state index contributed by atoms with van der Waals surface area (Å²) in [7, 11) is 0. The lowest BCUT2D eigenvalue weighted by Gasteiger charge is -2.29. The number of hydrogen-bond donors (Lipinski definition) is 2. The summed E-state index contributed by atoms with van der Waals surface area (Å²) < 4.78 is 0. The second-order valence-electron chi connectivity index (χ2n) is 8.52. The first-order valence-corrected chi connectivity index (χ1v) is 11.3. The Morgan fingerprint density at radius 2 is 1.44 bits per heavy atom. The van der Waals surface area contributed by atoms with Crippen LogP contribution in [0, 0.1) is 19.8 Å². The predicted octanol–water partition coefficient (Wildman–Crippen LogP) is 4.49. The molecule has 8 nitrogen and oxygen atoms in total. The molecule has 3 amide bonds. The van der Waals surface area contributed by atoms with Gasteiger partial charge in [-0.3, -0.25) is 19.3 Å². The van der Waals surface area contributed by atoms with Crippen LogP contribution >= 0.6 is 0 Å². The number of imide groups is 1. The van der Waals surface area contributed by atoms with Crippen molar-refractivity contribution in [3.05, 3.63) is 77.1 Å². The summed E-state index contributed by atoms with van der Waals surface area (Å²) in [6.07, 6.45) is 0.629. The maximum Gasteiger partial charge on any atom is 0.262 e. The Morgan fingerprint density at radius 3 is 1.97 bits per heavy atom. The summed E-state index contributed by atoms with van der Waals surface area (Å²) in [5, 5.41) is 6.02. The first kappa shape index (κ1) is 23.1. The molecule has 1 aromatic heterocycles. The third-order valence-electron chi connectivity index (χ3n) is 5.95. The van der Waals surface area contributed by atoms with Crippen LogP contribution in [-0.2, 0) is 4.79 Å². The number of fused-ring (bicyclic) bond motifs is 1. The van der Waals surface area contributed by atoms with Gasteiger partial charge >= 0.3 is 0 Å². The van der Waals surface area contributed by atoms with Crippen LogP contribution in [0.2, 0.25) is 0 Å². The number of anilines is 3. The second-order valence-corrected chi connectivity index (χ2v) is 8.52. The van der Waals surface area contributed by atoms with E-state index in [4.69, 9.17) is 0 Å². The average Bonchev–Trinajstić information content (AvgIpc) is 3.05. The lowest BCUT2D eigenvalue weighted by Crippen LogP contribution is -2.50. The Morgan fingerprint density at radius 1 is 0.912 bits per heavy atom. The van der Waals surface area contributed by atoms with Crippen LogP contribution < -0.4 is 10.6 Å². The Labute approximate surface area is 198 Å². The van der Waals surface area contributed by atoms with Gasteiger partial charge in [-0.2, -0.15) is 0 Å². The third-order valence-corrected chi connectivity index (χ3v) is 5.95. The summed E-state index contributed by atoms with van der Waals surface area (Å²) in [5.41, 5.74) is 3.71. The number of rotatable bonds is 7. The van der Waals surface area contributed by atoms with Gasteiger partial charge in [0.2, 0.25) is 11.9 Å². The maximum absolute atomic E-state index is 13.3. The standard InChI is InChI=1S/C26H27N5O3/c1-5-15(2)22(31-24(33)20-8-6-7-9-21(20)25(31)34)23(32)29-18-10-12-19(13-11-18)30-26-27-16(3)14-17(4)28-26/h6-15,22H,5H2,1-4H3,(H,29,32)(H,27,28,30). The van der Waals surface area contributed by atoms with Crippen LogP contribution in [-0.4, -0.2) is 38.6 Å². The van der Waals surface area contributed by atoms with Crippen LogP contribution in [0.3, 0.4) is 0 Å². The second kappa shape index (κ2) is 9.43. The van der Waals surface area contributed by atoms with E-state index in [9.17, 15) is 14.4 Å². The lowest BCUT2D eigenvalue weighted by atomic mass is 9.96. The number of benzene rings is 2. The molecule has 1 aliphatic rings. The lowest BCUT2D eigenvalue weighted by molar-refractivity contribution is -0.121. The molecule has 0 aliphatic carbocycles. The topological polar surface area (TPSA) is 104 Å². The molecule has 0 saturated carbocycles. The largest absolute Gasteiger partial charge is 0.324 e. The molecule has 1 aliphatic heterocycles. The first-order chi connectivity index (χ1) is 16.3. The number of carbonyl (C=O) groups is 3. The summed E-state index contributed by atoms with van der Waals surface area (Å²) in [5.74, 6) is -0.994. The molecular formula is C26H27N5O3. The van der Waals surface area contributed by atoms with Gasteiger partial charge in [0.1, 0.15) is 6.04 Å². The van der Waals surface area contributed by atoms with Crippen LogP contribution in [0.15, 0.2) is 54.6 Å². The Hall–Kier alpha value is -4.07. The molecule has 2 unspecified atom stereocenters. The van der Waals surface area contributed by atoms with Gasteiger partial charge in [-0.05, 0) is 62.2 Å². The first-order valence-electron chi connectivity index (χ1n) is 11.3. The van der Waals surface area contributed by atoms with Crippen molar-refractivity contribution in [2.75, 3.05) is 10.6 Å². The van der Waals surface area contributed by atoms with Gasteiger partial charge in [0.05, 0.1) is 11.1 Å². The third kappa shape index (κ3) is 4.52. The quantitative estimate of drug-likeness (QED) is 0.507. The number of carbonyl (C=O) groups excluding carboxylic acids is 3. The van der Waals surface area contributed by atoms with Gasteiger partial charge in [0.25, 0.3) is 11.8 Å². The molecule has 2 heterocycles. The van der Waals surface area contributed by atoms with Crippen molar-refractivity contribution < 1.29 is 14.4 Å². The fraction of sp³-hybridized carbons (Fsp3) is 0.269. The molecule has 8 heteroatoms. The molecule has 34 heavy (non-hydrogen) atoms. The molecule has 0 spiro atoms. The molecule has 0 bridgehead atoms. The minimum absolute atomic E-state index is 0.218. The summed E-state index contributed by atoms with van der Waals surface area (Å²) in [4.78, 5) is 49.1. The molecule has 0 radical (unpaired) electrons. The summed E-state index contributed by atoms with van der Waals surface area (Å²) in [6, 6.07) is 14.7. The van der Waals surface area contributed by atoms with E-state index in [2.05, 4.69) is 20.6 Å². The van der Waals surface area contributed by atoms with E-state index in [0.29, 0.717) is 29.2 Å². The van der Waals surface area contributed by atoms with Crippen molar-refractivity contribution in [1.82, 2.24) is 14.9 Å². The van der Waals surface area contributed by atoms with Crippen molar-refractivity contribution in [1.29, 1.82) is 0 Å². The van der Waals surface area contributed by atoms with Gasteiger partial charge in [0, 0.05) is 22.8 Å². The molecule has 0 fully saturated rings. The summed E-state index contributed by atoms with van der Waals surface area (Å²) >= 11 is 0. The smallest absolute Gasteiger partial charge is 0.262 e. The fourth-order valence-electron chi connectivity index (χ4n) is 4.08. The highest BCUT2D eigenvalue weighted by atomic mass is 16.2. The van der Waals surface area contributed by atoms with Gasteiger partial charge in [-0.15, -0.1) is 0 Å². The minimum Gasteiger partial charge on any atom is -0.324 e. The predicted molar refractivity (Wildman–Crippen MR) is 130 cm³/mol. The highest BCUT2D eigenvalue weighted by molar-refractivity contribution is 6.23. The number of hydrogen-bond acceptors (Lipinski definition) is 6. The highest BCUT2D eigenvalue weighted by Crippen LogP contribution is 2.29. The zero-order chi connectivity index (χ0) is 24.4. The number of amides is 3. The van der Waals surface area contributed by atoms with Crippen molar-refractivity contribution >= 4 is 35.0 Å². The maximum atomic E-state index is 13.3. The van der Waals surface area contributed by atoms with E-state index >= 15 is 0 Å². The molecule has 2 atom stereocenters. The molecule has 4 rings (SSSR count). The number of aryl methyl sites for hydroxylation is 2. The number of nitrogens with zero attached hydrogens (tertiary/aromatic N) is 3. The van der Waals surface area contributed by atoms with Gasteiger partial charge < -0.3 is 10.6 Å². The van der Waals surface area contributed by atoms with Crippen molar-refractivity contribution in [3.63, 3.8) is 0 Å². The van der Waals surface area contributed by atoms with Crippen molar-refractivity contribution in [2.24, 2.45) is 5.92 Å². The fourth-order valence-corrected chi connectivity index (χ4v) is 4.08. The van der Waals surface area contributed by atoms with E-state index in [1.807, 2.05) is 33.8 Å². The normalized spacial score (nSPS) is 14.5. The zero-order valence-corrected chi connectivity index (χ0v) is 19.6. The Bertz CT molecular complexity index is 1200. The van der Waals surface area contributed by atoms with E-state index < -0.39 is 23.8 Å². The van der Waals surface area contributed by atoms with Gasteiger partial charge in [-0.25, -0.2) is 9.97 Å². The SMILES string of the molecule is CCC(C)C(C(=O)Nc1ccc(Nc2nc(C)cc(C)n2)cc1)N1C(=O)c2ccccc2C1=O. The molecule has 0 saturated heterocycles. The van der Waals surface area contributed by atoms with Crippen LogP contribution in [0.25, 0.3) is 0 Å². The average molecular weight is 458 g/mol. The highest BCUT2D eigenvalue weighted by Gasteiger charge is 2.44. The molecular weight excluding hydrogens is 430 g/mol. The monoisotopic (exact) mass is 457 g/mol. The van der Waals surface area contributed by atoms with Crippen molar-refractivity contribution in [2.45, 2.75) is 40.2 Å². The Balaban J connectivity index is 1.51. The number of aromatic nitrogens is 2. The van der Waals surface area contributed by atoms with E-state index in [1.54, 1.807) is 48.5 Å². The summed E-state index contributed by atoms with van der Waals surface area (Å²) in [6.45, 7) is 7.60. The molecule has 2 N–H and O–H groups in total. The number of nitrogens with one attached hydrogen (secondary N) is 2. The van der Waals surface area contributed by atoms with Crippen LogP contribution in [0.1, 0.15) is 52.4 Å². The molecule has 2 aromatic carbocycles. The molecule has 3 aromatic rings. The van der Waals surface area contributed by atoms with Gasteiger partial charge in [0.15, 0.2) is 0 Å². The van der Waals surface area contributed by atoms with Crippen LogP contribution in [0.5, 0.6) is 0 Å².